The molecule has 7 nitrogen and oxygen atoms in total. The Morgan fingerprint density at radius 3 is 2.60 bits per heavy atom. The van der Waals surface area contributed by atoms with Crippen molar-refractivity contribution in [1.82, 2.24) is 5.32 Å². The Kier molecular flexibility index (Phi) is 6.61. The average molecular weight is 406 g/mol. The summed E-state index contributed by atoms with van der Waals surface area (Å²) >= 11 is 0. The molecular formula is C23H26N4O3. The summed E-state index contributed by atoms with van der Waals surface area (Å²) in [5.41, 5.74) is 2.65. The summed E-state index contributed by atoms with van der Waals surface area (Å²) in [6.45, 7) is 5.84. The molecule has 7 heteroatoms. The summed E-state index contributed by atoms with van der Waals surface area (Å²) < 4.78 is 0. The van der Waals surface area contributed by atoms with E-state index in [1.54, 1.807) is 30.3 Å². The molecule has 1 atom stereocenters. The summed E-state index contributed by atoms with van der Waals surface area (Å²) in [5.74, 6) is -0.836. The normalized spacial score (nSPS) is 14.7. The van der Waals surface area contributed by atoms with Gasteiger partial charge in [0, 0.05) is 18.9 Å². The van der Waals surface area contributed by atoms with Crippen LogP contribution in [0.2, 0.25) is 0 Å². The standard InChI is InChI=1S/C23H26N4O3/c1-4-16(3)24-22(29)18-10-5-6-11-19(18)25-23(30)20-12-13-21(28)27(26-20)17-9-7-8-15(2)14-17/h5-11,14,16H,4,12-13H2,1-3H3,(H,24,29)(H,25,30). The van der Waals surface area contributed by atoms with Crippen LogP contribution in [0.3, 0.4) is 0 Å². The summed E-state index contributed by atoms with van der Waals surface area (Å²) in [6.07, 6.45) is 1.24. The molecule has 0 aromatic heterocycles. The predicted molar refractivity (Wildman–Crippen MR) is 118 cm³/mol. The second-order valence-corrected chi connectivity index (χ2v) is 7.37. The van der Waals surface area contributed by atoms with Gasteiger partial charge in [-0.25, -0.2) is 5.01 Å². The highest BCUT2D eigenvalue weighted by atomic mass is 16.2. The second kappa shape index (κ2) is 9.35. The van der Waals surface area contributed by atoms with Crippen molar-refractivity contribution in [3.63, 3.8) is 0 Å². The van der Waals surface area contributed by atoms with Gasteiger partial charge >= 0.3 is 0 Å². The number of rotatable bonds is 6. The fraction of sp³-hybridized carbons (Fsp3) is 0.304. The van der Waals surface area contributed by atoms with Crippen molar-refractivity contribution >= 4 is 34.8 Å². The number of hydrogen-bond acceptors (Lipinski definition) is 4. The first-order valence-corrected chi connectivity index (χ1v) is 10.1. The van der Waals surface area contributed by atoms with Crippen LogP contribution in [0, 0.1) is 6.92 Å². The third-order valence-corrected chi connectivity index (χ3v) is 4.95. The van der Waals surface area contributed by atoms with Crippen molar-refractivity contribution in [2.75, 3.05) is 10.3 Å². The van der Waals surface area contributed by atoms with Crippen LogP contribution in [0.1, 0.15) is 49.0 Å². The van der Waals surface area contributed by atoms with Crippen molar-refractivity contribution in [2.45, 2.75) is 46.1 Å². The molecule has 156 valence electrons. The van der Waals surface area contributed by atoms with Gasteiger partial charge in [0.1, 0.15) is 5.71 Å². The van der Waals surface area contributed by atoms with E-state index in [4.69, 9.17) is 0 Å². The van der Waals surface area contributed by atoms with Gasteiger partial charge in [0.25, 0.3) is 11.8 Å². The SMILES string of the molecule is CCC(C)NC(=O)c1ccccc1NC(=O)C1=NN(c2cccc(C)c2)C(=O)CC1. The quantitative estimate of drug-likeness (QED) is 0.767. The van der Waals surface area contributed by atoms with Crippen LogP contribution in [0.25, 0.3) is 0 Å². The van der Waals surface area contributed by atoms with Gasteiger partial charge in [-0.05, 0) is 50.1 Å². The summed E-state index contributed by atoms with van der Waals surface area (Å²) in [7, 11) is 0. The lowest BCUT2D eigenvalue weighted by Gasteiger charge is -2.23. The fourth-order valence-corrected chi connectivity index (χ4v) is 3.07. The zero-order valence-electron chi connectivity index (χ0n) is 17.4. The third kappa shape index (κ3) is 4.92. The van der Waals surface area contributed by atoms with Crippen molar-refractivity contribution < 1.29 is 14.4 Å². The number of aryl methyl sites for hydroxylation is 1. The lowest BCUT2D eigenvalue weighted by Crippen LogP contribution is -2.37. The maximum absolute atomic E-state index is 12.9. The average Bonchev–Trinajstić information content (AvgIpc) is 2.74. The van der Waals surface area contributed by atoms with Crippen molar-refractivity contribution in [1.29, 1.82) is 0 Å². The highest BCUT2D eigenvalue weighted by Gasteiger charge is 2.26. The number of benzene rings is 2. The third-order valence-electron chi connectivity index (χ3n) is 4.95. The fourth-order valence-electron chi connectivity index (χ4n) is 3.07. The number of amides is 3. The summed E-state index contributed by atoms with van der Waals surface area (Å²) in [6, 6.07) is 14.3. The van der Waals surface area contributed by atoms with E-state index < -0.39 is 5.91 Å². The molecule has 0 radical (unpaired) electrons. The van der Waals surface area contributed by atoms with E-state index in [2.05, 4.69) is 15.7 Å². The lowest BCUT2D eigenvalue weighted by atomic mass is 10.1. The number of nitrogens with one attached hydrogen (secondary N) is 2. The van der Waals surface area contributed by atoms with E-state index in [-0.39, 0.29) is 36.4 Å². The molecule has 0 spiro atoms. The molecule has 1 aliphatic heterocycles. The van der Waals surface area contributed by atoms with Gasteiger partial charge in [-0.1, -0.05) is 31.2 Å². The Hall–Kier alpha value is -3.48. The van der Waals surface area contributed by atoms with E-state index in [1.165, 1.54) is 5.01 Å². The minimum Gasteiger partial charge on any atom is -0.350 e. The highest BCUT2D eigenvalue weighted by Crippen LogP contribution is 2.22. The second-order valence-electron chi connectivity index (χ2n) is 7.37. The number of carbonyl (C=O) groups is 3. The van der Waals surface area contributed by atoms with Gasteiger partial charge in [-0.2, -0.15) is 5.10 Å². The van der Waals surface area contributed by atoms with Gasteiger partial charge in [0.05, 0.1) is 16.9 Å². The van der Waals surface area contributed by atoms with E-state index >= 15 is 0 Å². The number of para-hydroxylation sites is 1. The Morgan fingerprint density at radius 1 is 1.10 bits per heavy atom. The van der Waals surface area contributed by atoms with Crippen molar-refractivity contribution in [3.8, 4) is 0 Å². The molecular weight excluding hydrogens is 380 g/mol. The first kappa shape index (κ1) is 21.2. The maximum atomic E-state index is 12.9. The van der Waals surface area contributed by atoms with Crippen LogP contribution in [0.15, 0.2) is 53.6 Å². The lowest BCUT2D eigenvalue weighted by molar-refractivity contribution is -0.118. The maximum Gasteiger partial charge on any atom is 0.271 e. The number of nitrogens with zero attached hydrogens (tertiary/aromatic N) is 2. The van der Waals surface area contributed by atoms with Crippen LogP contribution in [0.5, 0.6) is 0 Å². The monoisotopic (exact) mass is 406 g/mol. The largest absolute Gasteiger partial charge is 0.350 e. The molecule has 0 fully saturated rings. The van der Waals surface area contributed by atoms with E-state index in [9.17, 15) is 14.4 Å². The first-order chi connectivity index (χ1) is 14.4. The minimum absolute atomic E-state index is 0.0258. The molecule has 0 bridgehead atoms. The number of anilines is 2. The Balaban J connectivity index is 1.81. The molecule has 3 rings (SSSR count). The smallest absolute Gasteiger partial charge is 0.271 e. The molecule has 30 heavy (non-hydrogen) atoms. The topological polar surface area (TPSA) is 90.9 Å². The van der Waals surface area contributed by atoms with Crippen LogP contribution < -0.4 is 15.6 Å². The molecule has 1 aliphatic rings. The molecule has 3 amide bonds. The van der Waals surface area contributed by atoms with Gasteiger partial charge < -0.3 is 10.6 Å². The Labute approximate surface area is 176 Å². The first-order valence-electron chi connectivity index (χ1n) is 10.1. The molecule has 2 aromatic rings. The molecule has 0 saturated carbocycles. The van der Waals surface area contributed by atoms with Gasteiger partial charge in [-0.3, -0.25) is 14.4 Å². The minimum atomic E-state index is -0.427. The Bertz CT molecular complexity index is 999. The summed E-state index contributed by atoms with van der Waals surface area (Å²) in [4.78, 5) is 37.8. The molecule has 2 aromatic carbocycles. The van der Waals surface area contributed by atoms with E-state index in [0.717, 1.165) is 12.0 Å². The van der Waals surface area contributed by atoms with Crippen LogP contribution >= 0.6 is 0 Å². The highest BCUT2D eigenvalue weighted by molar-refractivity contribution is 6.44. The predicted octanol–water partition coefficient (Wildman–Crippen LogP) is 3.64. The van der Waals surface area contributed by atoms with Crippen LogP contribution in [-0.2, 0) is 9.59 Å². The van der Waals surface area contributed by atoms with Gasteiger partial charge in [0.2, 0.25) is 5.91 Å². The molecule has 0 saturated heterocycles. The zero-order valence-corrected chi connectivity index (χ0v) is 17.4. The van der Waals surface area contributed by atoms with Crippen molar-refractivity contribution in [2.24, 2.45) is 5.10 Å². The summed E-state index contributed by atoms with van der Waals surface area (Å²) in [5, 5.41) is 11.3. The molecule has 2 N–H and O–H groups in total. The number of hydrogen-bond donors (Lipinski definition) is 2. The van der Waals surface area contributed by atoms with Gasteiger partial charge in [-0.15, -0.1) is 0 Å². The Morgan fingerprint density at radius 2 is 1.87 bits per heavy atom. The van der Waals surface area contributed by atoms with Crippen LogP contribution in [-0.4, -0.2) is 29.5 Å². The van der Waals surface area contributed by atoms with Crippen molar-refractivity contribution in [3.05, 3.63) is 59.7 Å². The van der Waals surface area contributed by atoms with Crippen LogP contribution in [0.4, 0.5) is 11.4 Å². The zero-order chi connectivity index (χ0) is 21.7. The number of carbonyl (C=O) groups excluding carboxylic acids is 3. The number of hydrazone groups is 1. The van der Waals surface area contributed by atoms with E-state index in [1.807, 2.05) is 39.0 Å². The van der Waals surface area contributed by atoms with Gasteiger partial charge in [0.15, 0.2) is 0 Å². The molecule has 1 unspecified atom stereocenters. The molecule has 0 aliphatic carbocycles. The molecule has 1 heterocycles. The van der Waals surface area contributed by atoms with E-state index in [0.29, 0.717) is 16.9 Å².